The van der Waals surface area contributed by atoms with Crippen LogP contribution in [0.4, 0.5) is 11.4 Å². The minimum absolute atomic E-state index is 0.105. The Kier molecular flexibility index (Phi) is 9.48. The first-order valence-electron chi connectivity index (χ1n) is 14.9. The van der Waals surface area contributed by atoms with E-state index in [4.69, 9.17) is 22.6 Å². The van der Waals surface area contributed by atoms with Gasteiger partial charge in [0.15, 0.2) is 0 Å². The zero-order valence-electron chi connectivity index (χ0n) is 26.3. The summed E-state index contributed by atoms with van der Waals surface area (Å²) in [5, 5.41) is 38.6. The van der Waals surface area contributed by atoms with E-state index in [2.05, 4.69) is 75.0 Å². The quantitative estimate of drug-likeness (QED) is 0.0517. The van der Waals surface area contributed by atoms with E-state index in [1.54, 1.807) is 13.0 Å². The van der Waals surface area contributed by atoms with Crippen molar-refractivity contribution >= 4 is 28.9 Å². The van der Waals surface area contributed by atoms with Crippen LogP contribution < -0.4 is 16.6 Å². The summed E-state index contributed by atoms with van der Waals surface area (Å²) in [7, 11) is 0. The Bertz CT molecular complexity index is 1730. The molecular weight excluding hydrogens is 586 g/mol. The van der Waals surface area contributed by atoms with Gasteiger partial charge in [-0.15, -0.1) is 5.69 Å². The Balaban J connectivity index is 1.36. The Labute approximate surface area is 269 Å². The van der Waals surface area contributed by atoms with Crippen LogP contribution in [0.5, 0.6) is 0 Å². The van der Waals surface area contributed by atoms with Gasteiger partial charge in [-0.1, -0.05) is 61.0 Å². The zero-order chi connectivity index (χ0) is 32.3. The number of nitrogens with one attached hydrogen (secondary N) is 2. The average molecular weight is 625 g/mol. The van der Waals surface area contributed by atoms with Gasteiger partial charge in [0.1, 0.15) is 11.3 Å². The number of hydrogen-bond donors (Lipinski definition) is 4. The first-order valence-corrected chi connectivity index (χ1v) is 15.3. The molecule has 0 heterocycles. The van der Waals surface area contributed by atoms with Crippen LogP contribution in [0, 0.1) is 12.8 Å². The highest BCUT2D eigenvalue weighted by atomic mass is 35.5. The van der Waals surface area contributed by atoms with Gasteiger partial charge >= 0.3 is 0 Å². The van der Waals surface area contributed by atoms with Crippen molar-refractivity contribution in [3.8, 4) is 0 Å². The van der Waals surface area contributed by atoms with Crippen molar-refractivity contribution in [3.63, 3.8) is 0 Å². The predicted octanol–water partition coefficient (Wildman–Crippen LogP) is 8.36. The molecule has 0 aliphatic heterocycles. The van der Waals surface area contributed by atoms with Crippen molar-refractivity contribution in [1.82, 2.24) is 10.7 Å². The van der Waals surface area contributed by atoms with Crippen molar-refractivity contribution in [2.45, 2.75) is 59.5 Å². The lowest BCUT2D eigenvalue weighted by molar-refractivity contribution is 0.181. The molecule has 1 aromatic carbocycles. The fourth-order valence-electron chi connectivity index (χ4n) is 5.69. The molecule has 0 spiro atoms. The van der Waals surface area contributed by atoms with Crippen molar-refractivity contribution in [2.75, 3.05) is 6.67 Å². The molecule has 11 heteroatoms. The van der Waals surface area contributed by atoms with Crippen LogP contribution in [-0.4, -0.2) is 23.3 Å². The third kappa shape index (κ3) is 6.83. The number of hydrazine groups is 1. The van der Waals surface area contributed by atoms with Gasteiger partial charge in [0.05, 0.1) is 17.1 Å². The van der Waals surface area contributed by atoms with E-state index in [1.807, 2.05) is 38.1 Å². The lowest BCUT2D eigenvalue weighted by atomic mass is 9.92. The van der Waals surface area contributed by atoms with E-state index in [0.717, 1.165) is 58.5 Å². The van der Waals surface area contributed by atoms with Gasteiger partial charge in [-0.25, -0.2) is 5.84 Å². The van der Waals surface area contributed by atoms with Gasteiger partial charge in [-0.05, 0) is 94.1 Å². The van der Waals surface area contributed by atoms with Crippen molar-refractivity contribution < 1.29 is 5.11 Å². The van der Waals surface area contributed by atoms with Crippen LogP contribution >= 0.6 is 11.6 Å². The molecule has 234 valence electrons. The van der Waals surface area contributed by atoms with E-state index >= 15 is 0 Å². The molecule has 5 N–H and O–H groups in total. The van der Waals surface area contributed by atoms with Gasteiger partial charge in [0.25, 0.3) is 0 Å². The number of fused-ring (bicyclic) bond motifs is 1. The topological polar surface area (TPSA) is 146 Å². The molecule has 45 heavy (non-hydrogen) atoms. The first-order chi connectivity index (χ1) is 21.5. The maximum Gasteiger partial charge on any atom is 0.208 e. The van der Waals surface area contributed by atoms with E-state index < -0.39 is 5.60 Å². The standard InChI is InChI=1S/C34H39ClN9O/c1-7-24-16-25-14-21(4)32(34(45)29(25)30(34)31(24)43-41-26-11-8-19(2)9-12-26)44-42-28-17-27(13-10-20(28)3)37-18-38-33(40-36)39-23(6)15-22(5)35/h8,10-11,13-17,29,45H,6-7,9,12,18,36H2,1-5H3,(H2,38,39,40)/q-1/b22-15+,43-41?,44-42?. The van der Waals surface area contributed by atoms with Crippen LogP contribution in [0.15, 0.2) is 136 Å². The molecule has 1 saturated carbocycles. The number of azo groups is 2. The maximum atomic E-state index is 12.1. The second-order valence-corrected chi connectivity index (χ2v) is 12.1. The molecule has 0 radical (unpaired) electrons. The summed E-state index contributed by atoms with van der Waals surface area (Å²) in [6, 6.07) is 5.64. The number of hydrogen-bond acceptors (Lipinski definition) is 7. The smallest absolute Gasteiger partial charge is 0.208 e. The van der Waals surface area contributed by atoms with Gasteiger partial charge in [-0.3, -0.25) is 10.4 Å². The molecule has 0 aromatic heterocycles. The van der Waals surface area contributed by atoms with Gasteiger partial charge in [-0.2, -0.15) is 20.5 Å². The SMILES string of the molecule is C=C(/C=C(\C)Cl)NC(=NC[N-]c1ccc(C)c(N=NC2=C(C)C=C3C=C(CC)C(N=NC4=CC=C(C)CC4)=C4C3C24O)c1)NN. The highest BCUT2D eigenvalue weighted by Gasteiger charge is 2.68. The summed E-state index contributed by atoms with van der Waals surface area (Å²) >= 11 is 5.90. The molecule has 0 bridgehead atoms. The molecule has 0 saturated heterocycles. The number of nitrogens with zero attached hydrogens (tertiary/aromatic N) is 6. The highest BCUT2D eigenvalue weighted by molar-refractivity contribution is 6.29. The highest BCUT2D eigenvalue weighted by Crippen LogP contribution is 2.66. The first kappa shape index (κ1) is 32.0. The van der Waals surface area contributed by atoms with Gasteiger partial charge in [0, 0.05) is 22.2 Å². The lowest BCUT2D eigenvalue weighted by Gasteiger charge is -2.21. The number of benzene rings is 1. The molecule has 1 aromatic rings. The number of allylic oxidation sites excluding steroid dienone is 10. The second-order valence-electron chi connectivity index (χ2n) is 11.5. The van der Waals surface area contributed by atoms with Crippen LogP contribution in [0.25, 0.3) is 5.32 Å². The molecule has 1 fully saturated rings. The minimum atomic E-state index is -1.26. The zero-order valence-corrected chi connectivity index (χ0v) is 27.1. The summed E-state index contributed by atoms with van der Waals surface area (Å²) < 4.78 is 0. The Morgan fingerprint density at radius 3 is 2.64 bits per heavy atom. The Morgan fingerprint density at radius 1 is 1.16 bits per heavy atom. The third-order valence-electron chi connectivity index (χ3n) is 8.10. The molecule has 5 rings (SSSR count). The van der Waals surface area contributed by atoms with Crippen LogP contribution in [0.3, 0.4) is 0 Å². The molecule has 2 unspecified atom stereocenters. The number of nitrogens with two attached hydrogens (primary N) is 1. The number of aryl methyl sites for hydroxylation is 1. The summed E-state index contributed by atoms with van der Waals surface area (Å²) in [6.07, 6.45) is 12.6. The summed E-state index contributed by atoms with van der Waals surface area (Å²) in [5.41, 5.74) is 11.4. The molecular formula is C34H39ClN9O-. The minimum Gasteiger partial charge on any atom is -0.666 e. The predicted molar refractivity (Wildman–Crippen MR) is 181 cm³/mol. The lowest BCUT2D eigenvalue weighted by Crippen LogP contribution is -2.40. The van der Waals surface area contributed by atoms with E-state index in [-0.39, 0.29) is 12.6 Å². The number of guanidine groups is 1. The molecule has 4 aliphatic rings. The van der Waals surface area contributed by atoms with E-state index in [0.29, 0.717) is 33.8 Å². The monoisotopic (exact) mass is 624 g/mol. The normalized spacial score (nSPS) is 23.1. The van der Waals surface area contributed by atoms with Gasteiger partial charge in [0.2, 0.25) is 5.96 Å². The van der Waals surface area contributed by atoms with Crippen molar-refractivity contribution in [2.24, 2.45) is 37.2 Å². The molecule has 4 aliphatic carbocycles. The second kappa shape index (κ2) is 13.3. The van der Waals surface area contributed by atoms with Crippen LogP contribution in [0.1, 0.15) is 52.5 Å². The fourth-order valence-corrected chi connectivity index (χ4v) is 5.83. The number of rotatable bonds is 10. The molecule has 10 nitrogen and oxygen atoms in total. The summed E-state index contributed by atoms with van der Waals surface area (Å²) in [5.74, 6) is 5.68. The van der Waals surface area contributed by atoms with Crippen LogP contribution in [0.2, 0.25) is 0 Å². The van der Waals surface area contributed by atoms with E-state index in [1.165, 1.54) is 5.57 Å². The Hall–Kier alpha value is -4.38. The van der Waals surface area contributed by atoms with E-state index in [9.17, 15) is 5.11 Å². The van der Waals surface area contributed by atoms with Crippen molar-refractivity contribution in [1.29, 1.82) is 0 Å². The summed E-state index contributed by atoms with van der Waals surface area (Å²) in [6.45, 7) is 13.8. The number of aliphatic hydroxyl groups is 1. The van der Waals surface area contributed by atoms with Crippen molar-refractivity contribution in [3.05, 3.63) is 122 Å². The summed E-state index contributed by atoms with van der Waals surface area (Å²) in [4.78, 5) is 4.33. The number of halogens is 1. The fraction of sp³-hybridized carbons (Fsp3) is 0.324. The molecule has 0 amide bonds. The molecule has 2 atom stereocenters. The van der Waals surface area contributed by atoms with Crippen LogP contribution in [-0.2, 0) is 0 Å². The number of aliphatic imine (C=N–C) groups is 1. The maximum absolute atomic E-state index is 12.1. The van der Waals surface area contributed by atoms with Gasteiger partial charge < -0.3 is 15.7 Å². The third-order valence-corrected chi connectivity index (χ3v) is 8.21. The Morgan fingerprint density at radius 2 is 1.96 bits per heavy atom. The largest absolute Gasteiger partial charge is 0.666 e. The average Bonchev–Trinajstić information content (AvgIpc) is 3.64.